The van der Waals surface area contributed by atoms with E-state index in [2.05, 4.69) is 20.6 Å². The molecule has 2 bridgehead atoms. The summed E-state index contributed by atoms with van der Waals surface area (Å²) < 4.78 is 40.3. The van der Waals surface area contributed by atoms with E-state index in [1.165, 1.54) is 0 Å². The van der Waals surface area contributed by atoms with Crippen LogP contribution >= 0.6 is 0 Å². The number of carbonyl (C=O) groups is 2. The number of fused-ring (bicyclic) bond motifs is 5. The highest BCUT2D eigenvalue weighted by Gasteiger charge is 2.46. The van der Waals surface area contributed by atoms with Crippen molar-refractivity contribution in [3.05, 3.63) is 41.1 Å². The molecule has 11 heteroatoms. The summed E-state index contributed by atoms with van der Waals surface area (Å²) in [5, 5.41) is 5.90. The number of hydrogen-bond donors (Lipinski definition) is 3. The number of hydrogen-bond acceptors (Lipinski definition) is 6. The topological polar surface area (TPSA) is 113 Å². The van der Waals surface area contributed by atoms with Gasteiger partial charge in [-0.1, -0.05) is 6.07 Å². The lowest BCUT2D eigenvalue weighted by molar-refractivity contribution is -0.137. The highest BCUT2D eigenvalue weighted by atomic mass is 19.4. The third-order valence-electron chi connectivity index (χ3n) is 6.86. The molecular formula is C23H25F3N6O2. The molecule has 2 aromatic rings. The molecule has 1 saturated heterocycles. The molecule has 0 spiro atoms. The van der Waals surface area contributed by atoms with Crippen LogP contribution in [0.1, 0.15) is 73.7 Å². The Balaban J connectivity index is 1.36. The molecule has 3 heterocycles. The Kier molecular flexibility index (Phi) is 5.57. The van der Waals surface area contributed by atoms with Crippen molar-refractivity contribution in [3.63, 3.8) is 0 Å². The fourth-order valence-electron chi connectivity index (χ4n) is 5.01. The Labute approximate surface area is 194 Å². The van der Waals surface area contributed by atoms with Gasteiger partial charge in [-0.25, -0.2) is 4.98 Å². The van der Waals surface area contributed by atoms with Crippen molar-refractivity contribution in [2.24, 2.45) is 5.73 Å². The van der Waals surface area contributed by atoms with Gasteiger partial charge in [0.05, 0.1) is 12.1 Å². The van der Waals surface area contributed by atoms with Crippen LogP contribution in [0.5, 0.6) is 0 Å². The summed E-state index contributed by atoms with van der Waals surface area (Å²) in [6.07, 6.45) is 0.609. The van der Waals surface area contributed by atoms with Crippen LogP contribution in [0.15, 0.2) is 24.4 Å². The third kappa shape index (κ3) is 4.14. The van der Waals surface area contributed by atoms with E-state index in [1.807, 2.05) is 23.1 Å². The van der Waals surface area contributed by atoms with Gasteiger partial charge < -0.3 is 21.3 Å². The molecule has 1 aliphatic carbocycles. The number of benzene rings is 1. The quantitative estimate of drug-likeness (QED) is 0.555. The number of halogens is 3. The highest BCUT2D eigenvalue weighted by Crippen LogP contribution is 2.54. The van der Waals surface area contributed by atoms with Crippen LogP contribution in [0.4, 0.5) is 30.6 Å². The Morgan fingerprint density at radius 2 is 1.82 bits per heavy atom. The van der Waals surface area contributed by atoms with E-state index in [0.29, 0.717) is 5.69 Å². The number of alkyl halides is 3. The van der Waals surface area contributed by atoms with Gasteiger partial charge in [0.1, 0.15) is 11.4 Å². The first-order chi connectivity index (χ1) is 16.2. The normalized spacial score (nSPS) is 21.2. The fraction of sp³-hybridized carbons (Fsp3) is 0.478. The molecule has 34 heavy (non-hydrogen) atoms. The molecule has 2 atom stereocenters. The van der Waals surface area contributed by atoms with Crippen LogP contribution < -0.4 is 16.4 Å². The number of nitrogens with two attached hydrogens (primary N) is 1. The lowest BCUT2D eigenvalue weighted by Crippen LogP contribution is -2.29. The zero-order valence-corrected chi connectivity index (χ0v) is 18.4. The molecule has 2 amide bonds. The number of amides is 2. The number of nitrogens with one attached hydrogen (secondary N) is 2. The number of carbonyl (C=O) groups excluding carboxylic acids is 2. The minimum absolute atomic E-state index is 0.0143. The smallest absolute Gasteiger partial charge is 0.370 e. The van der Waals surface area contributed by atoms with Gasteiger partial charge in [-0.2, -0.15) is 18.2 Å². The van der Waals surface area contributed by atoms with Crippen LogP contribution in [0, 0.1) is 0 Å². The largest absolute Gasteiger partial charge is 0.421 e. The van der Waals surface area contributed by atoms with Crippen LogP contribution in [0.3, 0.4) is 0 Å². The predicted molar refractivity (Wildman–Crippen MR) is 118 cm³/mol. The Bertz CT molecular complexity index is 1130. The average molecular weight is 474 g/mol. The van der Waals surface area contributed by atoms with E-state index in [-0.39, 0.29) is 48.6 Å². The van der Waals surface area contributed by atoms with E-state index in [9.17, 15) is 22.8 Å². The lowest BCUT2D eigenvalue weighted by Gasteiger charge is -2.28. The van der Waals surface area contributed by atoms with Crippen molar-refractivity contribution in [3.8, 4) is 0 Å². The first-order valence-electron chi connectivity index (χ1n) is 11.4. The summed E-state index contributed by atoms with van der Waals surface area (Å²) in [6, 6.07) is 5.49. The minimum atomic E-state index is -4.55. The molecule has 5 rings (SSSR count). The molecule has 3 aliphatic rings. The van der Waals surface area contributed by atoms with Crippen LogP contribution in [0.2, 0.25) is 0 Å². The molecule has 1 aromatic carbocycles. The second-order valence-electron chi connectivity index (χ2n) is 9.07. The van der Waals surface area contributed by atoms with Crippen LogP contribution in [-0.2, 0) is 15.8 Å². The SMILES string of the molecule is NC(=O)CCC(=O)N1[C@@H]2CC[C@H]1c1ccc(Nc3ncc(C(F)(F)F)c(NC4CCC4)n3)cc12. The van der Waals surface area contributed by atoms with Crippen molar-refractivity contribution in [1.29, 1.82) is 0 Å². The Hall–Kier alpha value is -3.37. The zero-order chi connectivity index (χ0) is 24.0. The van der Waals surface area contributed by atoms with Crippen molar-refractivity contribution in [2.45, 2.75) is 69.2 Å². The number of aromatic nitrogens is 2. The maximum atomic E-state index is 13.4. The van der Waals surface area contributed by atoms with Gasteiger partial charge in [0.2, 0.25) is 17.8 Å². The molecule has 2 fully saturated rings. The van der Waals surface area contributed by atoms with Crippen molar-refractivity contribution >= 4 is 29.3 Å². The van der Waals surface area contributed by atoms with Gasteiger partial charge in [-0.15, -0.1) is 0 Å². The molecule has 1 saturated carbocycles. The highest BCUT2D eigenvalue weighted by molar-refractivity contribution is 5.84. The van der Waals surface area contributed by atoms with E-state index in [1.54, 1.807) is 0 Å². The van der Waals surface area contributed by atoms with Gasteiger partial charge in [0.25, 0.3) is 0 Å². The zero-order valence-electron chi connectivity index (χ0n) is 18.4. The maximum Gasteiger partial charge on any atom is 0.421 e. The number of nitrogens with zero attached hydrogens (tertiary/aromatic N) is 3. The molecule has 0 radical (unpaired) electrons. The molecule has 4 N–H and O–H groups in total. The van der Waals surface area contributed by atoms with E-state index < -0.39 is 17.6 Å². The molecule has 8 nitrogen and oxygen atoms in total. The van der Waals surface area contributed by atoms with Crippen molar-refractivity contribution < 1.29 is 22.8 Å². The molecule has 180 valence electrons. The van der Waals surface area contributed by atoms with Gasteiger partial charge in [-0.3, -0.25) is 9.59 Å². The Morgan fingerprint density at radius 1 is 1.09 bits per heavy atom. The molecule has 2 aliphatic heterocycles. The van der Waals surface area contributed by atoms with Crippen LogP contribution in [-0.4, -0.2) is 32.7 Å². The molecule has 0 unspecified atom stereocenters. The fourth-order valence-corrected chi connectivity index (χ4v) is 5.01. The minimum Gasteiger partial charge on any atom is -0.370 e. The summed E-state index contributed by atoms with van der Waals surface area (Å²) in [6.45, 7) is 0. The summed E-state index contributed by atoms with van der Waals surface area (Å²) in [4.78, 5) is 33.6. The number of rotatable bonds is 7. The van der Waals surface area contributed by atoms with Gasteiger partial charge in [0, 0.05) is 30.8 Å². The second-order valence-corrected chi connectivity index (χ2v) is 9.07. The Morgan fingerprint density at radius 3 is 2.47 bits per heavy atom. The first-order valence-corrected chi connectivity index (χ1v) is 11.4. The molecular weight excluding hydrogens is 449 g/mol. The van der Waals surface area contributed by atoms with Crippen LogP contribution in [0.25, 0.3) is 0 Å². The average Bonchev–Trinajstić information content (AvgIpc) is 3.31. The molecule has 1 aromatic heterocycles. The number of anilines is 3. The van der Waals surface area contributed by atoms with Gasteiger partial charge >= 0.3 is 6.18 Å². The van der Waals surface area contributed by atoms with E-state index >= 15 is 0 Å². The van der Waals surface area contributed by atoms with E-state index in [4.69, 9.17) is 5.73 Å². The lowest BCUT2D eigenvalue weighted by atomic mass is 9.91. The summed E-state index contributed by atoms with van der Waals surface area (Å²) in [5.74, 6) is -0.769. The standard InChI is InChI=1S/C23H25F3N6O2/c24-23(25,26)16-11-28-22(31-21(16)29-12-2-1-3-12)30-13-4-5-14-15(10-13)18-7-6-17(14)32(18)20(34)9-8-19(27)33/h4-5,10-12,17-18H,1-3,6-9H2,(H2,27,33)(H2,28,29,30,31)/t17-,18+/m0/s1. The second kappa shape index (κ2) is 8.44. The van der Waals surface area contributed by atoms with E-state index in [0.717, 1.165) is 49.4 Å². The van der Waals surface area contributed by atoms with Gasteiger partial charge in [-0.05, 0) is 55.4 Å². The summed E-state index contributed by atoms with van der Waals surface area (Å²) in [5.41, 5.74) is 6.97. The van der Waals surface area contributed by atoms with Crippen molar-refractivity contribution in [1.82, 2.24) is 14.9 Å². The van der Waals surface area contributed by atoms with Crippen molar-refractivity contribution in [2.75, 3.05) is 10.6 Å². The predicted octanol–water partition coefficient (Wildman–Crippen LogP) is 4.19. The van der Waals surface area contributed by atoms with Gasteiger partial charge in [0.15, 0.2) is 0 Å². The number of primary amides is 1. The monoisotopic (exact) mass is 474 g/mol. The summed E-state index contributed by atoms with van der Waals surface area (Å²) >= 11 is 0. The first kappa shape index (κ1) is 22.4. The third-order valence-corrected chi connectivity index (χ3v) is 6.86. The maximum absolute atomic E-state index is 13.4. The summed E-state index contributed by atoms with van der Waals surface area (Å²) in [7, 11) is 0.